The zero-order chi connectivity index (χ0) is 66.7. The molecule has 102 heavy (non-hydrogen) atoms. The van der Waals surface area contributed by atoms with E-state index in [2.05, 4.69) is 374 Å². The van der Waals surface area contributed by atoms with E-state index in [-0.39, 0.29) is 0 Å². The Labute approximate surface area is 588 Å². The van der Waals surface area contributed by atoms with Crippen LogP contribution < -0.4 is 9.80 Å². The summed E-state index contributed by atoms with van der Waals surface area (Å²) in [6, 6.07) is 137. The van der Waals surface area contributed by atoms with Crippen LogP contribution in [0.3, 0.4) is 0 Å². The first-order valence-electron chi connectivity index (χ1n) is 35.4. The molecular formula is C100H60N2. The zero-order valence-electron chi connectivity index (χ0n) is 55.5. The van der Waals surface area contributed by atoms with Crippen LogP contribution in [-0.2, 0) is 0 Å². The van der Waals surface area contributed by atoms with Gasteiger partial charge in [-0.05, 0) is 307 Å². The number of rotatable bonds is 9. The van der Waals surface area contributed by atoms with Crippen molar-refractivity contribution in [1.82, 2.24) is 0 Å². The van der Waals surface area contributed by atoms with Gasteiger partial charge in [0.05, 0.1) is 11.4 Å². The van der Waals surface area contributed by atoms with E-state index in [4.69, 9.17) is 0 Å². The number of benzene rings is 22. The minimum atomic E-state index is 1.07. The van der Waals surface area contributed by atoms with Crippen molar-refractivity contribution < 1.29 is 0 Å². The highest BCUT2D eigenvalue weighted by Gasteiger charge is 2.24. The Hall–Kier alpha value is -13.4. The SMILES string of the molecule is c1ccc(N(c2ccc(-c3ccc(N(c4ccc5cc6cc7ccccc7cc6cc5c4)c4ccccc4-c4cc5cccc6c7cccc8cccc(c(c4)c56)c87)cc3)cc2)c2ccc3cc4cc5ccccc5cc4cc3c2)c(-c2cc3cccc4c5cccc6cccc(c(c2)c34)c65)c1. The smallest absolute Gasteiger partial charge is 0.0540 e. The van der Waals surface area contributed by atoms with E-state index in [1.807, 2.05) is 0 Å². The highest BCUT2D eigenvalue weighted by molar-refractivity contribution is 6.35. The van der Waals surface area contributed by atoms with Gasteiger partial charge in [-0.25, -0.2) is 0 Å². The lowest BCUT2D eigenvalue weighted by atomic mass is 9.87. The second-order valence-corrected chi connectivity index (χ2v) is 27.9. The Kier molecular flexibility index (Phi) is 12.2. The second-order valence-electron chi connectivity index (χ2n) is 27.9. The fourth-order valence-electron chi connectivity index (χ4n) is 17.5. The molecule has 22 rings (SSSR count). The van der Waals surface area contributed by atoms with Crippen molar-refractivity contribution in [2.75, 3.05) is 9.80 Å². The maximum absolute atomic E-state index is 2.47. The highest BCUT2D eigenvalue weighted by Crippen LogP contribution is 2.50. The highest BCUT2D eigenvalue weighted by atomic mass is 15.2. The van der Waals surface area contributed by atoms with Crippen molar-refractivity contribution in [2.45, 2.75) is 0 Å². The van der Waals surface area contributed by atoms with Crippen LogP contribution in [0, 0.1) is 0 Å². The molecule has 0 fully saturated rings. The maximum atomic E-state index is 2.47. The van der Waals surface area contributed by atoms with Gasteiger partial charge in [0.2, 0.25) is 0 Å². The molecule has 0 aliphatic rings. The summed E-state index contributed by atoms with van der Waals surface area (Å²) in [4.78, 5) is 4.95. The van der Waals surface area contributed by atoms with Crippen molar-refractivity contribution in [3.63, 3.8) is 0 Å². The first-order valence-corrected chi connectivity index (χ1v) is 35.4. The van der Waals surface area contributed by atoms with E-state index in [0.29, 0.717) is 0 Å². The molecule has 0 amide bonds. The monoisotopic (exact) mass is 1290 g/mol. The molecule has 0 saturated heterocycles. The molecule has 0 unspecified atom stereocenters. The molecule has 0 aliphatic heterocycles. The Morgan fingerprint density at radius 2 is 0.402 bits per heavy atom. The molecule has 0 saturated carbocycles. The van der Waals surface area contributed by atoms with Crippen molar-refractivity contribution >= 4 is 185 Å². The van der Waals surface area contributed by atoms with Crippen LogP contribution in [0.4, 0.5) is 34.1 Å². The second kappa shape index (κ2) is 22.1. The summed E-state index contributed by atoms with van der Waals surface area (Å²) in [7, 11) is 0. The van der Waals surface area contributed by atoms with Gasteiger partial charge >= 0.3 is 0 Å². The Morgan fingerprint density at radius 3 is 0.765 bits per heavy atom. The van der Waals surface area contributed by atoms with Crippen molar-refractivity contribution in [3.8, 4) is 33.4 Å². The Balaban J connectivity index is 0.687. The van der Waals surface area contributed by atoms with E-state index in [1.165, 1.54) is 162 Å². The molecule has 0 spiro atoms. The Morgan fingerprint density at radius 1 is 0.137 bits per heavy atom. The van der Waals surface area contributed by atoms with Crippen LogP contribution in [0.5, 0.6) is 0 Å². The molecule has 22 aromatic rings. The summed E-state index contributed by atoms with van der Waals surface area (Å²) in [6.45, 7) is 0. The average Bonchev–Trinajstić information content (AvgIpc) is 0.722. The molecule has 2 nitrogen and oxygen atoms in total. The fourth-order valence-corrected chi connectivity index (χ4v) is 17.5. The van der Waals surface area contributed by atoms with Crippen molar-refractivity contribution in [1.29, 1.82) is 0 Å². The summed E-state index contributed by atoms with van der Waals surface area (Å²) >= 11 is 0. The summed E-state index contributed by atoms with van der Waals surface area (Å²) < 4.78 is 0. The number of para-hydroxylation sites is 2. The van der Waals surface area contributed by atoms with Crippen molar-refractivity contribution in [2.24, 2.45) is 0 Å². The van der Waals surface area contributed by atoms with Gasteiger partial charge in [0, 0.05) is 33.9 Å². The fraction of sp³-hybridized carbons (Fsp3) is 0. The van der Waals surface area contributed by atoms with Crippen LogP contribution in [0.2, 0.25) is 0 Å². The largest absolute Gasteiger partial charge is 0.310 e. The molecule has 0 N–H and O–H groups in total. The van der Waals surface area contributed by atoms with Gasteiger partial charge in [-0.15, -0.1) is 0 Å². The van der Waals surface area contributed by atoms with Crippen LogP contribution in [-0.4, -0.2) is 0 Å². The minimum absolute atomic E-state index is 1.07. The summed E-state index contributed by atoms with van der Waals surface area (Å²) in [5.41, 5.74) is 13.4. The summed E-state index contributed by atoms with van der Waals surface area (Å²) in [5, 5.41) is 35.3. The lowest BCUT2D eigenvalue weighted by Crippen LogP contribution is -2.11. The zero-order valence-corrected chi connectivity index (χ0v) is 55.5. The van der Waals surface area contributed by atoms with Crippen LogP contribution >= 0.6 is 0 Å². The molecule has 0 radical (unpaired) electrons. The number of anilines is 6. The third kappa shape index (κ3) is 8.80. The first kappa shape index (κ1) is 56.6. The van der Waals surface area contributed by atoms with Crippen LogP contribution in [0.25, 0.3) is 184 Å². The molecule has 0 atom stereocenters. The van der Waals surface area contributed by atoms with Gasteiger partial charge in [0.25, 0.3) is 0 Å². The van der Waals surface area contributed by atoms with Gasteiger partial charge in [0.1, 0.15) is 0 Å². The quantitative estimate of drug-likeness (QED) is 0.105. The molecular weight excluding hydrogens is 1230 g/mol. The van der Waals surface area contributed by atoms with E-state index in [9.17, 15) is 0 Å². The number of fused-ring (bicyclic) bond motifs is 10. The van der Waals surface area contributed by atoms with Gasteiger partial charge < -0.3 is 9.80 Å². The summed E-state index contributed by atoms with van der Waals surface area (Å²) in [6.07, 6.45) is 0. The third-order valence-electron chi connectivity index (χ3n) is 22.2. The molecule has 470 valence electrons. The Bertz CT molecular complexity index is 6800. The lowest BCUT2D eigenvalue weighted by Gasteiger charge is -2.29. The van der Waals surface area contributed by atoms with Gasteiger partial charge in [-0.3, -0.25) is 0 Å². The number of hydrogen-bond acceptors (Lipinski definition) is 2. The predicted molar refractivity (Wildman–Crippen MR) is 440 cm³/mol. The predicted octanol–water partition coefficient (Wildman–Crippen LogP) is 28.6. The van der Waals surface area contributed by atoms with Gasteiger partial charge in [-0.1, -0.05) is 231 Å². The first-order chi connectivity index (χ1) is 50.5. The van der Waals surface area contributed by atoms with Crippen molar-refractivity contribution in [3.05, 3.63) is 364 Å². The third-order valence-corrected chi connectivity index (χ3v) is 22.2. The number of hydrogen-bond donors (Lipinski definition) is 0. The maximum Gasteiger partial charge on any atom is 0.0540 e. The van der Waals surface area contributed by atoms with Gasteiger partial charge in [0.15, 0.2) is 0 Å². The molecule has 0 bridgehead atoms. The molecule has 22 aromatic carbocycles. The molecule has 0 aromatic heterocycles. The molecule has 0 heterocycles. The topological polar surface area (TPSA) is 6.48 Å². The van der Waals surface area contributed by atoms with Gasteiger partial charge in [-0.2, -0.15) is 0 Å². The average molecular weight is 1290 g/mol. The lowest BCUT2D eigenvalue weighted by molar-refractivity contribution is 1.29. The van der Waals surface area contributed by atoms with E-state index in [1.54, 1.807) is 0 Å². The van der Waals surface area contributed by atoms with E-state index in [0.717, 1.165) is 56.4 Å². The minimum Gasteiger partial charge on any atom is -0.310 e. The molecule has 2 heteroatoms. The normalized spacial score (nSPS) is 12.1. The number of nitrogens with zero attached hydrogens (tertiary/aromatic N) is 2. The summed E-state index contributed by atoms with van der Waals surface area (Å²) in [5.74, 6) is 0. The van der Waals surface area contributed by atoms with Crippen LogP contribution in [0.1, 0.15) is 0 Å². The standard InChI is InChI=1S/C100H60N2/c1-3-17-67-49-75-55-77-57-83(45-39-69(77)51-73(75)47-65(67)15-1)101(95-33-7-5-25-85(95)79-53-71-23-13-29-89-87-27-9-19-63-21-11-31-91(97(63)87)93(59-79)99(71)89)81-41-35-61(36-42-81)62-37-43-82(44-38-62)102(84-46-40-70-52-74-48-66-16-2-4-18-68(66)50-76(74)56-78(70)58-84)96-34-8-6-26-86(96)80-54-72-24-14-30-90-88-28-10-20-64-22-12-32-92(98(64)88)94(60-80)100(72)90/h1-60H. The van der Waals surface area contributed by atoms with Crippen LogP contribution in [0.15, 0.2) is 364 Å². The van der Waals surface area contributed by atoms with E-state index < -0.39 is 0 Å². The van der Waals surface area contributed by atoms with E-state index >= 15 is 0 Å². The molecule has 0 aliphatic carbocycles.